The van der Waals surface area contributed by atoms with Gasteiger partial charge < -0.3 is 9.47 Å². The van der Waals surface area contributed by atoms with Gasteiger partial charge in [0.25, 0.3) is 0 Å². The first-order valence-corrected chi connectivity index (χ1v) is 6.99. The molecule has 2 nitrogen and oxygen atoms in total. The number of ether oxygens (including phenoxy) is 2. The van der Waals surface area contributed by atoms with E-state index in [-0.39, 0.29) is 17.8 Å². The van der Waals surface area contributed by atoms with E-state index >= 15 is 0 Å². The Hall–Kier alpha value is -1.12. The molecule has 0 saturated carbocycles. The van der Waals surface area contributed by atoms with Crippen LogP contribution in [0.3, 0.4) is 0 Å². The SMILES string of the molecule is CC(C)C1O[C@H](/C=C\c2ccccc2)OCC1(C)C. The molecule has 2 atom stereocenters. The van der Waals surface area contributed by atoms with E-state index < -0.39 is 0 Å². The fraction of sp³-hybridized carbons (Fsp3) is 0.529. The maximum absolute atomic E-state index is 6.08. The van der Waals surface area contributed by atoms with Gasteiger partial charge in [0, 0.05) is 5.41 Å². The van der Waals surface area contributed by atoms with E-state index in [9.17, 15) is 0 Å². The molecule has 0 aromatic heterocycles. The first kappa shape index (κ1) is 14.3. The minimum atomic E-state index is -0.236. The summed E-state index contributed by atoms with van der Waals surface area (Å²) < 4.78 is 11.9. The van der Waals surface area contributed by atoms with Crippen LogP contribution in [0.25, 0.3) is 6.08 Å². The van der Waals surface area contributed by atoms with E-state index in [1.807, 2.05) is 24.3 Å². The largest absolute Gasteiger partial charge is 0.348 e. The van der Waals surface area contributed by atoms with Gasteiger partial charge in [0.15, 0.2) is 6.29 Å². The maximum atomic E-state index is 6.08. The summed E-state index contributed by atoms with van der Waals surface area (Å²) in [6.07, 6.45) is 4.05. The smallest absolute Gasteiger partial charge is 0.177 e. The highest BCUT2D eigenvalue weighted by Gasteiger charge is 2.39. The molecule has 0 N–H and O–H groups in total. The summed E-state index contributed by atoms with van der Waals surface area (Å²) in [5.41, 5.74) is 1.24. The molecule has 1 aromatic rings. The number of rotatable bonds is 3. The van der Waals surface area contributed by atoms with Crippen LogP contribution in [0.4, 0.5) is 0 Å². The lowest BCUT2D eigenvalue weighted by molar-refractivity contribution is -0.249. The molecule has 2 rings (SSSR count). The minimum absolute atomic E-state index is 0.0747. The van der Waals surface area contributed by atoms with Crippen molar-refractivity contribution in [3.63, 3.8) is 0 Å². The van der Waals surface area contributed by atoms with Gasteiger partial charge in [-0.2, -0.15) is 0 Å². The van der Waals surface area contributed by atoms with Crippen LogP contribution in [-0.4, -0.2) is 19.0 Å². The van der Waals surface area contributed by atoms with Crippen LogP contribution in [0.5, 0.6) is 0 Å². The van der Waals surface area contributed by atoms with Crippen molar-refractivity contribution < 1.29 is 9.47 Å². The molecule has 2 heteroatoms. The van der Waals surface area contributed by atoms with E-state index in [1.54, 1.807) is 0 Å². The third kappa shape index (κ3) is 3.68. The quantitative estimate of drug-likeness (QED) is 0.813. The van der Waals surface area contributed by atoms with E-state index in [0.717, 1.165) is 6.61 Å². The molecular weight excluding hydrogens is 236 g/mol. The maximum Gasteiger partial charge on any atom is 0.177 e. The summed E-state index contributed by atoms with van der Waals surface area (Å²) in [7, 11) is 0. The standard InChI is InChI=1S/C17H24O2/c1-13(2)16-17(3,4)12-18-15(19-16)11-10-14-8-6-5-7-9-14/h5-11,13,15-16H,12H2,1-4H3/b11-10-/t15-,16?/m1/s1. The van der Waals surface area contributed by atoms with Gasteiger partial charge in [-0.1, -0.05) is 64.1 Å². The van der Waals surface area contributed by atoms with Gasteiger partial charge in [-0.05, 0) is 17.6 Å². The van der Waals surface area contributed by atoms with E-state index in [0.29, 0.717) is 5.92 Å². The highest BCUT2D eigenvalue weighted by atomic mass is 16.7. The summed E-state index contributed by atoms with van der Waals surface area (Å²) >= 11 is 0. The zero-order valence-corrected chi connectivity index (χ0v) is 12.3. The van der Waals surface area contributed by atoms with E-state index in [1.165, 1.54) is 5.56 Å². The topological polar surface area (TPSA) is 18.5 Å². The zero-order valence-electron chi connectivity index (χ0n) is 12.3. The summed E-state index contributed by atoms with van der Waals surface area (Å²) in [6.45, 7) is 9.55. The summed E-state index contributed by atoms with van der Waals surface area (Å²) in [4.78, 5) is 0. The highest BCUT2D eigenvalue weighted by molar-refractivity contribution is 5.49. The fourth-order valence-electron chi connectivity index (χ4n) is 2.66. The zero-order chi connectivity index (χ0) is 13.9. The van der Waals surface area contributed by atoms with Gasteiger partial charge in [-0.3, -0.25) is 0 Å². The number of benzene rings is 1. The van der Waals surface area contributed by atoms with Gasteiger partial charge in [0.1, 0.15) is 0 Å². The van der Waals surface area contributed by atoms with Gasteiger partial charge in [-0.15, -0.1) is 0 Å². The third-order valence-corrected chi connectivity index (χ3v) is 3.52. The lowest BCUT2D eigenvalue weighted by atomic mass is 9.80. The van der Waals surface area contributed by atoms with Crippen molar-refractivity contribution in [3.05, 3.63) is 42.0 Å². The van der Waals surface area contributed by atoms with Crippen molar-refractivity contribution in [2.24, 2.45) is 11.3 Å². The predicted molar refractivity (Wildman–Crippen MR) is 78.7 cm³/mol. The van der Waals surface area contributed by atoms with Gasteiger partial charge in [0.2, 0.25) is 0 Å². The Morgan fingerprint density at radius 2 is 1.89 bits per heavy atom. The molecule has 0 amide bonds. The van der Waals surface area contributed by atoms with Gasteiger partial charge in [-0.25, -0.2) is 0 Å². The van der Waals surface area contributed by atoms with Crippen LogP contribution in [0, 0.1) is 11.3 Å². The van der Waals surface area contributed by atoms with Crippen molar-refractivity contribution in [2.45, 2.75) is 40.1 Å². The summed E-state index contributed by atoms with van der Waals surface area (Å²) in [6, 6.07) is 10.2. The second kappa shape index (κ2) is 5.89. The van der Waals surface area contributed by atoms with Crippen molar-refractivity contribution in [3.8, 4) is 0 Å². The minimum Gasteiger partial charge on any atom is -0.348 e. The Morgan fingerprint density at radius 3 is 2.53 bits per heavy atom. The second-order valence-electron chi connectivity index (χ2n) is 6.24. The monoisotopic (exact) mass is 260 g/mol. The Balaban J connectivity index is 2.02. The molecule has 0 bridgehead atoms. The molecule has 1 heterocycles. The summed E-state index contributed by atoms with van der Waals surface area (Å²) in [5, 5.41) is 0. The lowest BCUT2D eigenvalue weighted by Crippen LogP contribution is -2.47. The molecule has 1 aliphatic rings. The molecule has 1 fully saturated rings. The van der Waals surface area contributed by atoms with Crippen LogP contribution >= 0.6 is 0 Å². The molecule has 1 aliphatic heterocycles. The van der Waals surface area contributed by atoms with Crippen LogP contribution in [0.1, 0.15) is 33.3 Å². The van der Waals surface area contributed by atoms with Crippen molar-refractivity contribution in [1.29, 1.82) is 0 Å². The molecule has 0 spiro atoms. The fourth-order valence-corrected chi connectivity index (χ4v) is 2.66. The van der Waals surface area contributed by atoms with Crippen LogP contribution < -0.4 is 0 Å². The summed E-state index contributed by atoms with van der Waals surface area (Å²) in [5.74, 6) is 0.492. The number of hydrogen-bond donors (Lipinski definition) is 0. The molecular formula is C17H24O2. The Morgan fingerprint density at radius 1 is 1.21 bits per heavy atom. The van der Waals surface area contributed by atoms with Crippen molar-refractivity contribution in [2.75, 3.05) is 6.61 Å². The number of hydrogen-bond acceptors (Lipinski definition) is 2. The van der Waals surface area contributed by atoms with Gasteiger partial charge >= 0.3 is 0 Å². The molecule has 0 aliphatic carbocycles. The van der Waals surface area contributed by atoms with Gasteiger partial charge in [0.05, 0.1) is 12.7 Å². The van der Waals surface area contributed by atoms with Crippen LogP contribution in [0.15, 0.2) is 36.4 Å². The van der Waals surface area contributed by atoms with E-state index in [4.69, 9.17) is 9.47 Å². The third-order valence-electron chi connectivity index (χ3n) is 3.52. The van der Waals surface area contributed by atoms with Crippen LogP contribution in [-0.2, 0) is 9.47 Å². The normalized spacial score (nSPS) is 27.0. The van der Waals surface area contributed by atoms with E-state index in [2.05, 4.69) is 45.9 Å². The average molecular weight is 260 g/mol. The lowest BCUT2D eigenvalue weighted by Gasteiger charge is -2.43. The molecule has 19 heavy (non-hydrogen) atoms. The first-order valence-electron chi connectivity index (χ1n) is 6.99. The average Bonchev–Trinajstić information content (AvgIpc) is 2.38. The molecule has 1 aromatic carbocycles. The van der Waals surface area contributed by atoms with Crippen molar-refractivity contribution in [1.82, 2.24) is 0 Å². The molecule has 1 saturated heterocycles. The first-order chi connectivity index (χ1) is 8.99. The van der Waals surface area contributed by atoms with Crippen molar-refractivity contribution >= 4 is 6.08 Å². The molecule has 1 unspecified atom stereocenters. The molecule has 104 valence electrons. The highest BCUT2D eigenvalue weighted by Crippen LogP contribution is 2.34. The molecule has 0 radical (unpaired) electrons. The Bertz CT molecular complexity index is 420. The predicted octanol–water partition coefficient (Wildman–Crippen LogP) is 4.12. The Labute approximate surface area is 116 Å². The van der Waals surface area contributed by atoms with Crippen LogP contribution in [0.2, 0.25) is 0 Å². The second-order valence-corrected chi connectivity index (χ2v) is 6.24. The Kier molecular flexibility index (Phi) is 4.43.